The summed E-state index contributed by atoms with van der Waals surface area (Å²) < 4.78 is 10.5. The second-order valence-electron chi connectivity index (χ2n) is 4.26. The Balaban J connectivity index is 2.66. The zero-order chi connectivity index (χ0) is 13.3. The molecule has 1 heterocycles. The lowest BCUT2D eigenvalue weighted by atomic mass is 10.0. The van der Waals surface area contributed by atoms with Crippen molar-refractivity contribution in [2.75, 3.05) is 7.11 Å². The van der Waals surface area contributed by atoms with Gasteiger partial charge in [-0.1, -0.05) is 5.16 Å². The van der Waals surface area contributed by atoms with E-state index in [1.165, 1.54) is 13.1 Å². The van der Waals surface area contributed by atoms with E-state index in [4.69, 9.17) is 9.26 Å². The van der Waals surface area contributed by atoms with Crippen LogP contribution < -0.4 is 4.74 Å². The summed E-state index contributed by atoms with van der Waals surface area (Å²) in [6.45, 7) is 5.50. The Bertz CT molecular complexity index is 599. The van der Waals surface area contributed by atoms with Gasteiger partial charge in [0.2, 0.25) is 0 Å². The van der Waals surface area contributed by atoms with Crippen LogP contribution in [0.4, 0.5) is 0 Å². The van der Waals surface area contributed by atoms with Crippen LogP contribution in [-0.4, -0.2) is 18.0 Å². The zero-order valence-electron chi connectivity index (χ0n) is 10.9. The van der Waals surface area contributed by atoms with E-state index >= 15 is 0 Å². The average Bonchev–Trinajstić information content (AvgIpc) is 2.81. The van der Waals surface area contributed by atoms with Crippen molar-refractivity contribution >= 4 is 5.78 Å². The maximum Gasteiger partial charge on any atom is 0.181 e. The minimum absolute atomic E-state index is 0.0773. The molecule has 0 aliphatic carbocycles. The van der Waals surface area contributed by atoms with Crippen molar-refractivity contribution in [3.05, 3.63) is 35.0 Å². The van der Waals surface area contributed by atoms with Crippen molar-refractivity contribution in [1.82, 2.24) is 5.16 Å². The molecule has 0 N–H and O–H groups in total. The molecule has 0 saturated heterocycles. The predicted molar refractivity (Wildman–Crippen MR) is 68.0 cm³/mol. The Hall–Kier alpha value is -2.10. The number of carbonyl (C=O) groups excluding carboxylic acids is 1. The molecule has 1 aromatic heterocycles. The molecule has 0 amide bonds. The van der Waals surface area contributed by atoms with E-state index in [1.807, 2.05) is 26.0 Å². The zero-order valence-corrected chi connectivity index (χ0v) is 10.9. The van der Waals surface area contributed by atoms with Crippen LogP contribution >= 0.6 is 0 Å². The van der Waals surface area contributed by atoms with Gasteiger partial charge in [0.15, 0.2) is 11.5 Å². The summed E-state index contributed by atoms with van der Waals surface area (Å²) in [4.78, 5) is 11.5. The van der Waals surface area contributed by atoms with Gasteiger partial charge in [-0.2, -0.15) is 0 Å². The number of hydrogen-bond acceptors (Lipinski definition) is 4. The van der Waals surface area contributed by atoms with Crippen LogP contribution in [0.2, 0.25) is 0 Å². The number of ether oxygens (including phenoxy) is 1. The molecule has 18 heavy (non-hydrogen) atoms. The van der Waals surface area contributed by atoms with Crippen LogP contribution in [0.5, 0.6) is 5.75 Å². The summed E-state index contributed by atoms with van der Waals surface area (Å²) in [5, 5.41) is 3.70. The van der Waals surface area contributed by atoms with E-state index in [2.05, 4.69) is 5.16 Å². The van der Waals surface area contributed by atoms with Crippen molar-refractivity contribution in [3.63, 3.8) is 0 Å². The summed E-state index contributed by atoms with van der Waals surface area (Å²) in [5.41, 5.74) is 3.45. The van der Waals surface area contributed by atoms with Crippen LogP contribution in [-0.2, 0) is 0 Å². The maximum atomic E-state index is 11.5. The molecule has 4 nitrogen and oxygen atoms in total. The number of ketones is 1. The van der Waals surface area contributed by atoms with Crippen molar-refractivity contribution in [2.24, 2.45) is 0 Å². The Labute approximate surface area is 106 Å². The molecular formula is C14H15NO3. The van der Waals surface area contributed by atoms with E-state index in [0.717, 1.165) is 16.7 Å². The Morgan fingerprint density at radius 3 is 2.56 bits per heavy atom. The first-order valence-corrected chi connectivity index (χ1v) is 5.65. The van der Waals surface area contributed by atoms with Crippen LogP contribution in [0.25, 0.3) is 11.3 Å². The molecule has 0 aliphatic rings. The van der Waals surface area contributed by atoms with Crippen LogP contribution in [0.1, 0.15) is 28.4 Å². The SMILES string of the molecule is COc1cc(C)c(C)cc1-c1oncc1C(C)=O. The quantitative estimate of drug-likeness (QED) is 0.779. The fourth-order valence-corrected chi connectivity index (χ4v) is 1.82. The third-order valence-electron chi connectivity index (χ3n) is 3.01. The number of benzene rings is 1. The van der Waals surface area contributed by atoms with Gasteiger partial charge in [0.05, 0.1) is 24.4 Å². The standard InChI is InChI=1S/C14H15NO3/c1-8-5-11(13(17-4)6-9(8)2)14-12(10(3)16)7-15-18-14/h5-7H,1-4H3. The highest BCUT2D eigenvalue weighted by atomic mass is 16.5. The molecule has 94 valence electrons. The molecule has 0 spiro atoms. The van der Waals surface area contributed by atoms with E-state index in [-0.39, 0.29) is 5.78 Å². The Morgan fingerprint density at radius 2 is 1.94 bits per heavy atom. The lowest BCUT2D eigenvalue weighted by molar-refractivity contribution is 0.101. The first-order chi connectivity index (χ1) is 8.54. The predicted octanol–water partition coefficient (Wildman–Crippen LogP) is 3.17. The molecule has 0 atom stereocenters. The maximum absolute atomic E-state index is 11.5. The van der Waals surface area contributed by atoms with E-state index in [1.54, 1.807) is 7.11 Å². The number of aromatic nitrogens is 1. The molecule has 4 heteroatoms. The number of rotatable bonds is 3. The molecule has 2 rings (SSSR count). The van der Waals surface area contributed by atoms with Crippen molar-refractivity contribution in [2.45, 2.75) is 20.8 Å². The second kappa shape index (κ2) is 4.64. The van der Waals surface area contributed by atoms with Gasteiger partial charge in [0.1, 0.15) is 5.75 Å². The van der Waals surface area contributed by atoms with Crippen LogP contribution in [0, 0.1) is 13.8 Å². The van der Waals surface area contributed by atoms with Gasteiger partial charge in [-0.3, -0.25) is 4.79 Å². The summed E-state index contributed by atoms with van der Waals surface area (Å²) in [6.07, 6.45) is 1.44. The Morgan fingerprint density at radius 1 is 1.28 bits per heavy atom. The molecule has 2 aromatic rings. The molecule has 0 radical (unpaired) electrons. The van der Waals surface area contributed by atoms with E-state index in [0.29, 0.717) is 17.1 Å². The highest BCUT2D eigenvalue weighted by Gasteiger charge is 2.19. The first-order valence-electron chi connectivity index (χ1n) is 5.65. The van der Waals surface area contributed by atoms with Gasteiger partial charge in [-0.05, 0) is 44.0 Å². The number of aryl methyl sites for hydroxylation is 2. The summed E-state index contributed by atoms with van der Waals surface area (Å²) >= 11 is 0. The monoisotopic (exact) mass is 245 g/mol. The molecule has 0 bridgehead atoms. The van der Waals surface area contributed by atoms with Crippen molar-refractivity contribution in [3.8, 4) is 17.1 Å². The smallest absolute Gasteiger partial charge is 0.181 e. The summed E-state index contributed by atoms with van der Waals surface area (Å²) in [5.74, 6) is 1.06. The molecule has 0 aliphatic heterocycles. The lowest BCUT2D eigenvalue weighted by Crippen LogP contribution is -1.96. The number of methoxy groups -OCH3 is 1. The number of nitrogens with zero attached hydrogens (tertiary/aromatic N) is 1. The normalized spacial score (nSPS) is 10.4. The van der Waals surface area contributed by atoms with Crippen molar-refractivity contribution < 1.29 is 14.1 Å². The molecular weight excluding hydrogens is 230 g/mol. The highest BCUT2D eigenvalue weighted by Crippen LogP contribution is 2.34. The minimum atomic E-state index is -0.0773. The minimum Gasteiger partial charge on any atom is -0.496 e. The van der Waals surface area contributed by atoms with Gasteiger partial charge < -0.3 is 9.26 Å². The second-order valence-corrected chi connectivity index (χ2v) is 4.26. The molecule has 1 aromatic carbocycles. The lowest BCUT2D eigenvalue weighted by Gasteiger charge is -2.10. The highest BCUT2D eigenvalue weighted by molar-refractivity contribution is 5.99. The third kappa shape index (κ3) is 2.01. The summed E-state index contributed by atoms with van der Waals surface area (Å²) in [7, 11) is 1.59. The van der Waals surface area contributed by atoms with Gasteiger partial charge in [-0.25, -0.2) is 0 Å². The molecule has 0 fully saturated rings. The van der Waals surface area contributed by atoms with Gasteiger partial charge in [0.25, 0.3) is 0 Å². The van der Waals surface area contributed by atoms with E-state index < -0.39 is 0 Å². The van der Waals surface area contributed by atoms with E-state index in [9.17, 15) is 4.79 Å². The largest absolute Gasteiger partial charge is 0.496 e. The number of Topliss-reactive ketones (excluding diaryl/α,β-unsaturated/α-hetero) is 1. The van der Waals surface area contributed by atoms with Crippen LogP contribution in [0.15, 0.2) is 22.9 Å². The topological polar surface area (TPSA) is 52.3 Å². The number of carbonyl (C=O) groups is 1. The Kier molecular flexibility index (Phi) is 3.19. The van der Waals surface area contributed by atoms with Crippen LogP contribution in [0.3, 0.4) is 0 Å². The average molecular weight is 245 g/mol. The van der Waals surface area contributed by atoms with Gasteiger partial charge >= 0.3 is 0 Å². The van der Waals surface area contributed by atoms with Gasteiger partial charge in [0, 0.05) is 0 Å². The molecule has 0 unspecified atom stereocenters. The third-order valence-corrected chi connectivity index (χ3v) is 3.01. The summed E-state index contributed by atoms with van der Waals surface area (Å²) in [6, 6.07) is 3.87. The first kappa shape index (κ1) is 12.4. The fourth-order valence-electron chi connectivity index (χ4n) is 1.82. The van der Waals surface area contributed by atoms with Crippen molar-refractivity contribution in [1.29, 1.82) is 0 Å². The fraction of sp³-hybridized carbons (Fsp3) is 0.286. The molecule has 0 saturated carbocycles. The number of hydrogen-bond donors (Lipinski definition) is 0. The van der Waals surface area contributed by atoms with Gasteiger partial charge in [-0.15, -0.1) is 0 Å².